The van der Waals surface area contributed by atoms with Crippen LogP contribution in [0.15, 0.2) is 24.3 Å². The van der Waals surface area contributed by atoms with E-state index in [1.807, 2.05) is 12.1 Å². The van der Waals surface area contributed by atoms with Gasteiger partial charge in [-0.1, -0.05) is 51.5 Å². The molecule has 0 N–H and O–H groups in total. The van der Waals surface area contributed by atoms with E-state index in [1.165, 1.54) is 18.4 Å². The van der Waals surface area contributed by atoms with Gasteiger partial charge in [0.2, 0.25) is 0 Å². The Morgan fingerprint density at radius 2 is 2.08 bits per heavy atom. The van der Waals surface area contributed by atoms with Crippen molar-refractivity contribution < 1.29 is 0 Å². The second kappa shape index (κ2) is 3.75. The summed E-state index contributed by atoms with van der Waals surface area (Å²) in [6.45, 7) is 6.79. The molecule has 65 valence electrons. The smallest absolute Gasteiger partial charge is 0.00975 e. The van der Waals surface area contributed by atoms with Crippen LogP contribution in [0.25, 0.3) is 0 Å². The molecular weight excluding hydrogens is 144 g/mol. The molecule has 0 aliphatic carbocycles. The summed E-state index contributed by atoms with van der Waals surface area (Å²) in [5, 5.41) is 0. The third kappa shape index (κ3) is 2.10. The number of benzene rings is 1. The summed E-state index contributed by atoms with van der Waals surface area (Å²) in [7, 11) is 0. The summed E-state index contributed by atoms with van der Waals surface area (Å²) in [5.74, 6) is 0. The van der Waals surface area contributed by atoms with Gasteiger partial charge in [0.15, 0.2) is 0 Å². The van der Waals surface area contributed by atoms with Crippen molar-refractivity contribution in [2.24, 2.45) is 0 Å². The molecule has 0 amide bonds. The van der Waals surface area contributed by atoms with Crippen molar-refractivity contribution in [1.82, 2.24) is 0 Å². The Bertz CT molecular complexity index is 221. The fourth-order valence-corrected chi connectivity index (χ4v) is 1.57. The fraction of sp³-hybridized carbons (Fsp3) is 0.500. The highest BCUT2D eigenvalue weighted by molar-refractivity contribution is 5.21. The summed E-state index contributed by atoms with van der Waals surface area (Å²) in [6.07, 6.45) is 2.46. The van der Waals surface area contributed by atoms with Crippen LogP contribution >= 0.6 is 0 Å². The number of hydrogen-bond acceptors (Lipinski definition) is 0. The second-order valence-corrected chi connectivity index (χ2v) is 3.91. The van der Waals surface area contributed by atoms with Gasteiger partial charge in [0, 0.05) is 0 Å². The van der Waals surface area contributed by atoms with Crippen molar-refractivity contribution in [1.29, 1.82) is 0 Å². The zero-order valence-electron chi connectivity index (χ0n) is 8.22. The summed E-state index contributed by atoms with van der Waals surface area (Å²) in [5.41, 5.74) is 1.61. The second-order valence-electron chi connectivity index (χ2n) is 3.91. The largest absolute Gasteiger partial charge is 0.0654 e. The maximum atomic E-state index is 3.29. The van der Waals surface area contributed by atoms with E-state index < -0.39 is 0 Å². The highest BCUT2D eigenvalue weighted by atomic mass is 14.2. The average molecular weight is 161 g/mol. The summed E-state index contributed by atoms with van der Waals surface area (Å²) >= 11 is 0. The van der Waals surface area contributed by atoms with Gasteiger partial charge in [0.05, 0.1) is 0 Å². The Labute approximate surface area is 75.6 Å². The Hall–Kier alpha value is -0.780. The molecule has 0 fully saturated rings. The fourth-order valence-electron chi connectivity index (χ4n) is 1.57. The molecule has 1 aromatic carbocycles. The van der Waals surface area contributed by atoms with E-state index >= 15 is 0 Å². The predicted octanol–water partition coefficient (Wildman–Crippen LogP) is 3.56. The van der Waals surface area contributed by atoms with Crippen LogP contribution in [0.4, 0.5) is 0 Å². The Morgan fingerprint density at radius 1 is 1.33 bits per heavy atom. The van der Waals surface area contributed by atoms with Crippen LogP contribution < -0.4 is 0 Å². The van der Waals surface area contributed by atoms with Crippen molar-refractivity contribution in [3.8, 4) is 0 Å². The predicted molar refractivity (Wildman–Crippen MR) is 53.2 cm³/mol. The van der Waals surface area contributed by atoms with Crippen LogP contribution in [0.5, 0.6) is 0 Å². The molecule has 0 aromatic heterocycles. The van der Waals surface area contributed by atoms with E-state index in [2.05, 4.69) is 39.0 Å². The molecule has 0 saturated heterocycles. The zero-order valence-corrected chi connectivity index (χ0v) is 8.22. The standard InChI is InChI=1S/C12H17/c1-4-10-12(2,3)11-8-6-5-7-9-11/h5-8H,4,10H2,1-3H3. The lowest BCUT2D eigenvalue weighted by Crippen LogP contribution is -2.16. The first-order valence-electron chi connectivity index (χ1n) is 4.64. The summed E-state index contributed by atoms with van der Waals surface area (Å²) in [6, 6.07) is 11.6. The normalized spacial score (nSPS) is 11.6. The van der Waals surface area contributed by atoms with Crippen molar-refractivity contribution >= 4 is 0 Å². The van der Waals surface area contributed by atoms with E-state index in [-0.39, 0.29) is 5.41 Å². The van der Waals surface area contributed by atoms with Crippen LogP contribution in [-0.4, -0.2) is 0 Å². The van der Waals surface area contributed by atoms with Gasteiger partial charge in [-0.2, -0.15) is 0 Å². The maximum absolute atomic E-state index is 3.29. The molecule has 0 bridgehead atoms. The van der Waals surface area contributed by atoms with Gasteiger partial charge in [-0.05, 0) is 23.5 Å². The topological polar surface area (TPSA) is 0 Å². The molecule has 0 aliphatic heterocycles. The van der Waals surface area contributed by atoms with Gasteiger partial charge in [0.25, 0.3) is 0 Å². The molecule has 1 aromatic rings. The number of rotatable bonds is 3. The van der Waals surface area contributed by atoms with E-state index in [1.54, 1.807) is 0 Å². The lowest BCUT2D eigenvalue weighted by atomic mass is 9.81. The lowest BCUT2D eigenvalue weighted by molar-refractivity contribution is 0.472. The molecule has 0 atom stereocenters. The molecule has 12 heavy (non-hydrogen) atoms. The van der Waals surface area contributed by atoms with Crippen LogP contribution in [0, 0.1) is 6.07 Å². The summed E-state index contributed by atoms with van der Waals surface area (Å²) < 4.78 is 0. The Morgan fingerprint density at radius 3 is 2.58 bits per heavy atom. The van der Waals surface area contributed by atoms with E-state index in [4.69, 9.17) is 0 Å². The first-order chi connectivity index (χ1) is 5.67. The maximum Gasteiger partial charge on any atom is -0.00975 e. The quantitative estimate of drug-likeness (QED) is 0.635. The van der Waals surface area contributed by atoms with E-state index in [0.717, 1.165) is 0 Å². The van der Waals surface area contributed by atoms with Crippen LogP contribution in [-0.2, 0) is 5.41 Å². The van der Waals surface area contributed by atoms with Crippen molar-refractivity contribution in [2.45, 2.75) is 39.0 Å². The molecule has 0 nitrogen and oxygen atoms in total. The van der Waals surface area contributed by atoms with Crippen molar-refractivity contribution in [3.63, 3.8) is 0 Å². The van der Waals surface area contributed by atoms with E-state index in [9.17, 15) is 0 Å². The van der Waals surface area contributed by atoms with Gasteiger partial charge in [0.1, 0.15) is 0 Å². The monoisotopic (exact) mass is 161 g/mol. The molecule has 0 aliphatic rings. The molecule has 1 radical (unpaired) electrons. The van der Waals surface area contributed by atoms with Crippen LogP contribution in [0.2, 0.25) is 0 Å². The molecule has 0 unspecified atom stereocenters. The minimum atomic E-state index is 0.288. The molecule has 0 heterocycles. The van der Waals surface area contributed by atoms with Crippen LogP contribution in [0.3, 0.4) is 0 Å². The van der Waals surface area contributed by atoms with Gasteiger partial charge in [-0.15, -0.1) is 0 Å². The van der Waals surface area contributed by atoms with Gasteiger partial charge >= 0.3 is 0 Å². The first-order valence-corrected chi connectivity index (χ1v) is 4.64. The minimum absolute atomic E-state index is 0.288. The van der Waals surface area contributed by atoms with Gasteiger partial charge in [-0.25, -0.2) is 0 Å². The Kier molecular flexibility index (Phi) is 2.91. The SMILES string of the molecule is CCCC(C)(C)c1[c]cccc1. The van der Waals surface area contributed by atoms with Crippen LogP contribution in [0.1, 0.15) is 39.2 Å². The van der Waals surface area contributed by atoms with Gasteiger partial charge in [-0.3, -0.25) is 0 Å². The summed E-state index contributed by atoms with van der Waals surface area (Å²) in [4.78, 5) is 0. The Balaban J connectivity index is 2.82. The molecule has 0 saturated carbocycles. The third-order valence-electron chi connectivity index (χ3n) is 2.31. The molecule has 0 heteroatoms. The molecular formula is C12H17. The highest BCUT2D eigenvalue weighted by Crippen LogP contribution is 2.27. The van der Waals surface area contributed by atoms with Crippen molar-refractivity contribution in [3.05, 3.63) is 35.9 Å². The molecule has 1 rings (SSSR count). The van der Waals surface area contributed by atoms with Gasteiger partial charge < -0.3 is 0 Å². The minimum Gasteiger partial charge on any atom is -0.0654 e. The highest BCUT2D eigenvalue weighted by Gasteiger charge is 2.18. The van der Waals surface area contributed by atoms with E-state index in [0.29, 0.717) is 0 Å². The first kappa shape index (κ1) is 9.31. The third-order valence-corrected chi connectivity index (χ3v) is 2.31. The van der Waals surface area contributed by atoms with Crippen molar-refractivity contribution in [2.75, 3.05) is 0 Å². The lowest BCUT2D eigenvalue weighted by Gasteiger charge is -2.24. The molecule has 0 spiro atoms. The number of hydrogen-bond donors (Lipinski definition) is 0. The average Bonchev–Trinajstić information content (AvgIpc) is 2.06. The zero-order chi connectivity index (χ0) is 9.03.